The number of carbonyl (C=O) groups excluding carboxylic acids is 1. The van der Waals surface area contributed by atoms with Crippen molar-refractivity contribution in [2.24, 2.45) is 5.92 Å². The standard InChI is InChI=1S/C23H30N2O4S.ClH/c1-24-20-10-7-16(8-11-20)23(26)25-15-19-13-18(9-12-22(19)29-2)17-5-4-6-21(14-17)30(3,27)28;/h4-6,9,12-14,16,20,24H,7-8,10-11,15H2,1-3H3,(H,25,26);1H. The number of nitrogens with one attached hydrogen (secondary N) is 2. The van der Waals surface area contributed by atoms with Gasteiger partial charge in [-0.25, -0.2) is 8.42 Å². The predicted molar refractivity (Wildman–Crippen MR) is 125 cm³/mol. The summed E-state index contributed by atoms with van der Waals surface area (Å²) in [7, 11) is 0.287. The second-order valence-corrected chi connectivity index (χ2v) is 9.90. The van der Waals surface area contributed by atoms with E-state index in [1.54, 1.807) is 25.3 Å². The molecule has 0 spiro atoms. The predicted octanol–water partition coefficient (Wildman–Crippen LogP) is 3.58. The van der Waals surface area contributed by atoms with Crippen LogP contribution in [-0.4, -0.2) is 40.8 Å². The molecule has 31 heavy (non-hydrogen) atoms. The van der Waals surface area contributed by atoms with Gasteiger partial charge >= 0.3 is 0 Å². The van der Waals surface area contributed by atoms with Gasteiger partial charge in [0.25, 0.3) is 0 Å². The Morgan fingerprint density at radius 3 is 2.35 bits per heavy atom. The van der Waals surface area contributed by atoms with Crippen LogP contribution in [0.2, 0.25) is 0 Å². The molecule has 2 N–H and O–H groups in total. The molecule has 1 amide bonds. The second kappa shape index (κ2) is 11.0. The summed E-state index contributed by atoms with van der Waals surface area (Å²) >= 11 is 0. The topological polar surface area (TPSA) is 84.5 Å². The molecule has 1 aliphatic carbocycles. The zero-order valence-electron chi connectivity index (χ0n) is 18.2. The van der Waals surface area contributed by atoms with Gasteiger partial charge < -0.3 is 15.4 Å². The Morgan fingerprint density at radius 1 is 1.06 bits per heavy atom. The van der Waals surface area contributed by atoms with Gasteiger partial charge in [0.15, 0.2) is 9.84 Å². The van der Waals surface area contributed by atoms with Gasteiger partial charge in [0, 0.05) is 30.3 Å². The fourth-order valence-corrected chi connectivity index (χ4v) is 4.64. The van der Waals surface area contributed by atoms with Crippen molar-refractivity contribution < 1.29 is 17.9 Å². The normalized spacial score (nSPS) is 18.7. The molecule has 0 radical (unpaired) electrons. The summed E-state index contributed by atoms with van der Waals surface area (Å²) in [6.07, 6.45) is 5.03. The Kier molecular flexibility index (Phi) is 8.91. The lowest BCUT2D eigenvalue weighted by Crippen LogP contribution is -2.37. The van der Waals surface area contributed by atoms with Crippen LogP contribution in [0.25, 0.3) is 11.1 Å². The van der Waals surface area contributed by atoms with Crippen molar-refractivity contribution in [2.45, 2.75) is 43.2 Å². The maximum atomic E-state index is 12.6. The molecule has 2 aromatic carbocycles. The van der Waals surface area contributed by atoms with Gasteiger partial charge in [-0.05, 0) is 68.1 Å². The van der Waals surface area contributed by atoms with Crippen LogP contribution in [0.5, 0.6) is 5.75 Å². The Morgan fingerprint density at radius 2 is 1.74 bits per heavy atom. The van der Waals surface area contributed by atoms with Crippen LogP contribution < -0.4 is 15.4 Å². The molecular weight excluding hydrogens is 436 g/mol. The number of carbonyl (C=O) groups is 1. The molecular formula is C23H31ClN2O4S. The number of rotatable bonds is 7. The first-order valence-corrected chi connectivity index (χ1v) is 12.1. The molecule has 1 fully saturated rings. The fraction of sp³-hybridized carbons (Fsp3) is 0.435. The minimum atomic E-state index is -3.28. The average molecular weight is 467 g/mol. The lowest BCUT2D eigenvalue weighted by molar-refractivity contribution is -0.126. The summed E-state index contributed by atoms with van der Waals surface area (Å²) < 4.78 is 29.2. The van der Waals surface area contributed by atoms with Crippen molar-refractivity contribution in [1.82, 2.24) is 10.6 Å². The van der Waals surface area contributed by atoms with Crippen LogP contribution in [0.1, 0.15) is 31.2 Å². The fourth-order valence-electron chi connectivity index (χ4n) is 3.97. The highest BCUT2D eigenvalue weighted by molar-refractivity contribution is 7.90. The van der Waals surface area contributed by atoms with E-state index in [0.29, 0.717) is 18.3 Å². The Balaban J connectivity index is 0.00000341. The molecule has 0 saturated heterocycles. The second-order valence-electron chi connectivity index (χ2n) is 7.88. The van der Waals surface area contributed by atoms with Crippen LogP contribution in [0.4, 0.5) is 0 Å². The Bertz CT molecular complexity index is 1000. The SMILES string of the molecule is CNC1CCC(C(=O)NCc2cc(-c3cccc(S(C)(=O)=O)c3)ccc2OC)CC1.Cl. The molecule has 0 bridgehead atoms. The van der Waals surface area contributed by atoms with E-state index in [-0.39, 0.29) is 29.1 Å². The molecule has 0 heterocycles. The third kappa shape index (κ3) is 6.45. The summed E-state index contributed by atoms with van der Waals surface area (Å²) in [5.74, 6) is 0.823. The zero-order chi connectivity index (χ0) is 21.7. The molecule has 0 aromatic heterocycles. The Hall–Kier alpha value is -2.09. The smallest absolute Gasteiger partial charge is 0.223 e. The van der Waals surface area contributed by atoms with Gasteiger partial charge in [0.05, 0.1) is 12.0 Å². The summed E-state index contributed by atoms with van der Waals surface area (Å²) in [5.41, 5.74) is 2.54. The van der Waals surface area contributed by atoms with E-state index in [1.165, 1.54) is 6.26 Å². The van der Waals surface area contributed by atoms with E-state index in [4.69, 9.17) is 4.74 Å². The first-order chi connectivity index (χ1) is 14.3. The highest BCUT2D eigenvalue weighted by Gasteiger charge is 2.25. The van der Waals surface area contributed by atoms with Crippen LogP contribution >= 0.6 is 12.4 Å². The number of hydrogen-bond donors (Lipinski definition) is 2. The number of sulfone groups is 1. The zero-order valence-corrected chi connectivity index (χ0v) is 19.8. The largest absolute Gasteiger partial charge is 0.496 e. The average Bonchev–Trinajstić information content (AvgIpc) is 2.76. The van der Waals surface area contributed by atoms with E-state index < -0.39 is 9.84 Å². The molecule has 2 aromatic rings. The van der Waals surface area contributed by atoms with E-state index in [2.05, 4.69) is 10.6 Å². The molecule has 0 aliphatic heterocycles. The van der Waals surface area contributed by atoms with Gasteiger partial charge in [-0.2, -0.15) is 0 Å². The summed E-state index contributed by atoms with van der Waals surface area (Å²) in [6, 6.07) is 13.1. The lowest BCUT2D eigenvalue weighted by Gasteiger charge is -2.27. The number of benzene rings is 2. The van der Waals surface area contributed by atoms with E-state index in [0.717, 1.165) is 42.4 Å². The van der Waals surface area contributed by atoms with Gasteiger partial charge in [0.2, 0.25) is 5.91 Å². The molecule has 1 saturated carbocycles. The number of hydrogen-bond acceptors (Lipinski definition) is 5. The lowest BCUT2D eigenvalue weighted by atomic mass is 9.85. The van der Waals surface area contributed by atoms with Crippen molar-refractivity contribution in [2.75, 3.05) is 20.4 Å². The third-order valence-electron chi connectivity index (χ3n) is 5.84. The summed E-state index contributed by atoms with van der Waals surface area (Å²) in [4.78, 5) is 12.9. The number of halogens is 1. The highest BCUT2D eigenvalue weighted by Crippen LogP contribution is 2.29. The van der Waals surface area contributed by atoms with Gasteiger partial charge in [-0.15, -0.1) is 12.4 Å². The summed E-state index contributed by atoms with van der Waals surface area (Å²) in [5, 5.41) is 6.34. The maximum absolute atomic E-state index is 12.6. The van der Waals surface area contributed by atoms with Crippen LogP contribution in [0.3, 0.4) is 0 Å². The molecule has 8 heteroatoms. The maximum Gasteiger partial charge on any atom is 0.223 e. The first kappa shape index (κ1) is 25.2. The van der Waals surface area contributed by atoms with Gasteiger partial charge in [-0.1, -0.05) is 18.2 Å². The molecule has 170 valence electrons. The molecule has 3 rings (SSSR count). The van der Waals surface area contributed by atoms with Crippen molar-refractivity contribution >= 4 is 28.2 Å². The number of amides is 1. The van der Waals surface area contributed by atoms with E-state index in [9.17, 15) is 13.2 Å². The first-order valence-electron chi connectivity index (χ1n) is 10.2. The number of methoxy groups -OCH3 is 1. The number of ether oxygens (including phenoxy) is 1. The van der Waals surface area contributed by atoms with Crippen LogP contribution in [0.15, 0.2) is 47.4 Å². The van der Waals surface area contributed by atoms with Crippen molar-refractivity contribution in [3.05, 3.63) is 48.0 Å². The minimum Gasteiger partial charge on any atom is -0.496 e. The summed E-state index contributed by atoms with van der Waals surface area (Å²) in [6.45, 7) is 0.369. The highest BCUT2D eigenvalue weighted by atomic mass is 35.5. The third-order valence-corrected chi connectivity index (χ3v) is 6.95. The van der Waals surface area contributed by atoms with E-state index >= 15 is 0 Å². The van der Waals surface area contributed by atoms with Crippen molar-refractivity contribution in [3.63, 3.8) is 0 Å². The monoisotopic (exact) mass is 466 g/mol. The Labute approximate surface area is 191 Å². The molecule has 6 nitrogen and oxygen atoms in total. The molecule has 0 atom stereocenters. The quantitative estimate of drug-likeness (QED) is 0.651. The molecule has 0 unspecified atom stereocenters. The van der Waals surface area contributed by atoms with Gasteiger partial charge in [0.1, 0.15) is 5.75 Å². The van der Waals surface area contributed by atoms with Crippen LogP contribution in [0, 0.1) is 5.92 Å². The van der Waals surface area contributed by atoms with Gasteiger partial charge in [-0.3, -0.25) is 4.79 Å². The van der Waals surface area contributed by atoms with E-state index in [1.807, 2.05) is 31.3 Å². The van der Waals surface area contributed by atoms with Crippen molar-refractivity contribution in [1.29, 1.82) is 0 Å². The van der Waals surface area contributed by atoms with Crippen LogP contribution in [-0.2, 0) is 21.2 Å². The van der Waals surface area contributed by atoms with Crippen molar-refractivity contribution in [3.8, 4) is 16.9 Å². The minimum absolute atomic E-state index is 0. The molecule has 1 aliphatic rings.